The zero-order valence-electron chi connectivity index (χ0n) is 23.9. The number of rotatable bonds is 10. The van der Waals surface area contributed by atoms with Crippen LogP contribution >= 0.6 is 0 Å². The molecule has 5 nitrogen and oxygen atoms in total. The number of likely N-dealkylation sites (tertiary alicyclic amines) is 1. The maximum Gasteiger partial charge on any atom is 0.239 e. The van der Waals surface area contributed by atoms with E-state index in [9.17, 15) is 4.79 Å². The van der Waals surface area contributed by atoms with Crippen LogP contribution in [0, 0.1) is 12.8 Å². The van der Waals surface area contributed by atoms with E-state index in [0.717, 1.165) is 56.1 Å². The third-order valence-corrected chi connectivity index (χ3v) is 8.79. The topological polar surface area (TPSA) is 64.2 Å². The van der Waals surface area contributed by atoms with Gasteiger partial charge >= 0.3 is 0 Å². The molecule has 2 N–H and O–H groups in total. The lowest BCUT2D eigenvalue weighted by Crippen LogP contribution is -2.47. The van der Waals surface area contributed by atoms with Gasteiger partial charge in [0.25, 0.3) is 0 Å². The lowest BCUT2D eigenvalue weighted by Gasteiger charge is -2.38. The number of imidazole rings is 1. The highest BCUT2D eigenvalue weighted by Crippen LogP contribution is 2.42. The molecule has 1 aliphatic heterocycles. The number of benzene rings is 3. The van der Waals surface area contributed by atoms with Crippen LogP contribution in [0.1, 0.15) is 67.1 Å². The van der Waals surface area contributed by atoms with Crippen LogP contribution in [0.4, 0.5) is 0 Å². The number of nitrogens with zero attached hydrogens (tertiary/aromatic N) is 3. The second-order valence-corrected chi connectivity index (χ2v) is 11.1. The summed E-state index contributed by atoms with van der Waals surface area (Å²) in [7, 11) is 0. The van der Waals surface area contributed by atoms with Gasteiger partial charge in [-0.3, -0.25) is 4.79 Å². The average molecular weight is 535 g/mol. The van der Waals surface area contributed by atoms with Gasteiger partial charge in [-0.05, 0) is 61.6 Å². The van der Waals surface area contributed by atoms with Gasteiger partial charge in [-0.1, -0.05) is 104 Å². The molecule has 0 saturated carbocycles. The summed E-state index contributed by atoms with van der Waals surface area (Å²) in [4.78, 5) is 19.9. The number of hydrogen-bond acceptors (Lipinski definition) is 3. The standard InChI is InChI=1S/C35H42N4O/c1-3-28-22-24-38(25-23-28)34(40)32(36)20-13-21-33-27(2)39(26-37-33)35(29-14-7-4-8-15-29,30-16-9-5-10-17-30)31-18-11-6-12-19-31/h4-12,14-19,26,28,32H,3,13,20-25,36H2,1-2H3. The lowest BCUT2D eigenvalue weighted by atomic mass is 9.76. The predicted molar refractivity (Wildman–Crippen MR) is 162 cm³/mol. The Morgan fingerprint density at radius 2 is 1.40 bits per heavy atom. The normalized spacial score (nSPS) is 15.2. The molecule has 1 aromatic heterocycles. The number of carbonyl (C=O) groups excluding carboxylic acids is 1. The number of aryl methyl sites for hydroxylation is 1. The van der Waals surface area contributed by atoms with Crippen molar-refractivity contribution in [3.63, 3.8) is 0 Å². The van der Waals surface area contributed by atoms with E-state index < -0.39 is 11.6 Å². The van der Waals surface area contributed by atoms with Crippen molar-refractivity contribution in [3.05, 3.63) is 125 Å². The van der Waals surface area contributed by atoms with Crippen LogP contribution in [0.5, 0.6) is 0 Å². The van der Waals surface area contributed by atoms with Crippen molar-refractivity contribution in [2.75, 3.05) is 13.1 Å². The highest BCUT2D eigenvalue weighted by atomic mass is 16.2. The van der Waals surface area contributed by atoms with Crippen molar-refractivity contribution in [1.29, 1.82) is 0 Å². The fourth-order valence-corrected chi connectivity index (χ4v) is 6.39. The lowest BCUT2D eigenvalue weighted by molar-refractivity contribution is -0.134. The van der Waals surface area contributed by atoms with Crippen LogP contribution in [-0.2, 0) is 16.8 Å². The highest BCUT2D eigenvalue weighted by Gasteiger charge is 2.39. The fourth-order valence-electron chi connectivity index (χ4n) is 6.39. The van der Waals surface area contributed by atoms with Crippen LogP contribution < -0.4 is 5.73 Å². The molecule has 1 amide bonds. The van der Waals surface area contributed by atoms with Crippen LogP contribution in [0.25, 0.3) is 0 Å². The molecular weight excluding hydrogens is 492 g/mol. The maximum absolute atomic E-state index is 13.0. The summed E-state index contributed by atoms with van der Waals surface area (Å²) in [5.74, 6) is 0.848. The summed E-state index contributed by atoms with van der Waals surface area (Å²) < 4.78 is 2.32. The van der Waals surface area contributed by atoms with E-state index in [1.54, 1.807) is 0 Å². The number of carbonyl (C=O) groups is 1. The first kappa shape index (κ1) is 27.9. The molecule has 208 valence electrons. The number of nitrogens with two attached hydrogens (primary N) is 1. The molecule has 3 aromatic carbocycles. The predicted octanol–water partition coefficient (Wildman–Crippen LogP) is 6.33. The molecule has 1 atom stereocenters. The van der Waals surface area contributed by atoms with Crippen LogP contribution in [0.2, 0.25) is 0 Å². The molecule has 5 heteroatoms. The van der Waals surface area contributed by atoms with E-state index in [-0.39, 0.29) is 5.91 Å². The number of hydrogen-bond donors (Lipinski definition) is 1. The molecule has 1 fully saturated rings. The Hall–Kier alpha value is -3.70. The molecule has 1 aliphatic rings. The zero-order valence-corrected chi connectivity index (χ0v) is 23.9. The van der Waals surface area contributed by atoms with E-state index in [1.165, 1.54) is 23.1 Å². The van der Waals surface area contributed by atoms with Gasteiger partial charge in [-0.2, -0.15) is 0 Å². The second-order valence-electron chi connectivity index (χ2n) is 11.1. The van der Waals surface area contributed by atoms with Gasteiger partial charge in [0.15, 0.2) is 0 Å². The van der Waals surface area contributed by atoms with Gasteiger partial charge in [-0.15, -0.1) is 0 Å². The SMILES string of the molecule is CCC1CCN(C(=O)C(N)CCCc2ncn(C(c3ccccc3)(c3ccccc3)c3ccccc3)c2C)CC1. The molecule has 0 spiro atoms. The Labute approximate surface area is 239 Å². The number of amides is 1. The Morgan fingerprint density at radius 3 is 1.88 bits per heavy atom. The maximum atomic E-state index is 13.0. The Kier molecular flexibility index (Phi) is 8.81. The van der Waals surface area contributed by atoms with Crippen molar-refractivity contribution in [2.45, 2.75) is 64.0 Å². The first-order valence-corrected chi connectivity index (χ1v) is 14.8. The molecule has 0 radical (unpaired) electrons. The summed E-state index contributed by atoms with van der Waals surface area (Å²) in [5, 5.41) is 0. The third-order valence-electron chi connectivity index (χ3n) is 8.79. The van der Waals surface area contributed by atoms with Gasteiger partial charge in [0, 0.05) is 18.8 Å². The van der Waals surface area contributed by atoms with Gasteiger partial charge in [0.05, 0.1) is 18.1 Å². The highest BCUT2D eigenvalue weighted by molar-refractivity contribution is 5.81. The van der Waals surface area contributed by atoms with Crippen LogP contribution in [-0.4, -0.2) is 39.5 Å². The number of piperidine rings is 1. The van der Waals surface area contributed by atoms with Crippen LogP contribution in [0.3, 0.4) is 0 Å². The summed E-state index contributed by atoms with van der Waals surface area (Å²) in [6.07, 6.45) is 7.65. The molecule has 2 heterocycles. The summed E-state index contributed by atoms with van der Waals surface area (Å²) in [5.41, 5.74) is 11.5. The van der Waals surface area contributed by atoms with E-state index in [2.05, 4.69) is 109 Å². The van der Waals surface area contributed by atoms with Crippen molar-refractivity contribution in [2.24, 2.45) is 11.7 Å². The molecule has 5 rings (SSSR count). The minimum absolute atomic E-state index is 0.105. The molecule has 40 heavy (non-hydrogen) atoms. The first-order chi connectivity index (χ1) is 19.6. The van der Waals surface area contributed by atoms with Gasteiger partial charge in [0.1, 0.15) is 5.54 Å². The van der Waals surface area contributed by atoms with Crippen molar-refractivity contribution < 1.29 is 4.79 Å². The number of aromatic nitrogens is 2. The summed E-state index contributed by atoms with van der Waals surface area (Å²) in [6.45, 7) is 6.08. The Bertz CT molecular complexity index is 1260. The zero-order chi connectivity index (χ0) is 28.0. The van der Waals surface area contributed by atoms with E-state index >= 15 is 0 Å². The molecule has 4 aromatic rings. The van der Waals surface area contributed by atoms with Crippen molar-refractivity contribution >= 4 is 5.91 Å². The van der Waals surface area contributed by atoms with Gasteiger partial charge in [0.2, 0.25) is 5.91 Å². The van der Waals surface area contributed by atoms with Gasteiger partial charge in [-0.25, -0.2) is 4.98 Å². The molecule has 1 saturated heterocycles. The average Bonchev–Trinajstić information content (AvgIpc) is 3.38. The monoisotopic (exact) mass is 534 g/mol. The third kappa shape index (κ3) is 5.48. The minimum Gasteiger partial charge on any atom is -0.341 e. The second kappa shape index (κ2) is 12.6. The molecule has 0 aliphatic carbocycles. The first-order valence-electron chi connectivity index (χ1n) is 14.8. The molecule has 1 unspecified atom stereocenters. The Morgan fingerprint density at radius 1 is 0.900 bits per heavy atom. The largest absolute Gasteiger partial charge is 0.341 e. The summed E-state index contributed by atoms with van der Waals surface area (Å²) in [6, 6.07) is 31.6. The van der Waals surface area contributed by atoms with E-state index in [0.29, 0.717) is 6.42 Å². The smallest absolute Gasteiger partial charge is 0.239 e. The van der Waals surface area contributed by atoms with Crippen LogP contribution in [0.15, 0.2) is 97.3 Å². The molecule has 0 bridgehead atoms. The van der Waals surface area contributed by atoms with E-state index in [1.807, 2.05) is 11.2 Å². The quantitative estimate of drug-likeness (QED) is 0.242. The van der Waals surface area contributed by atoms with Crippen molar-refractivity contribution in [1.82, 2.24) is 14.5 Å². The van der Waals surface area contributed by atoms with Crippen molar-refractivity contribution in [3.8, 4) is 0 Å². The minimum atomic E-state index is -0.573. The Balaban J connectivity index is 1.40. The fraction of sp³-hybridized carbons (Fsp3) is 0.371. The molecular formula is C35H42N4O. The van der Waals surface area contributed by atoms with Gasteiger partial charge < -0.3 is 15.2 Å². The van der Waals surface area contributed by atoms with E-state index in [4.69, 9.17) is 10.7 Å². The summed E-state index contributed by atoms with van der Waals surface area (Å²) >= 11 is 0.